The van der Waals surface area contributed by atoms with Crippen molar-refractivity contribution in [2.45, 2.75) is 12.8 Å². The van der Waals surface area contributed by atoms with E-state index in [1.807, 2.05) is 0 Å². The van der Waals surface area contributed by atoms with Crippen LogP contribution in [0, 0.1) is 5.82 Å². The molecule has 1 aromatic heterocycles. The van der Waals surface area contributed by atoms with Crippen LogP contribution in [0.15, 0.2) is 53.0 Å². The summed E-state index contributed by atoms with van der Waals surface area (Å²) < 4.78 is 40.0. The lowest BCUT2D eigenvalue weighted by Gasteiger charge is -2.08. The number of thiazole rings is 1. The summed E-state index contributed by atoms with van der Waals surface area (Å²) in [7, 11) is 0. The lowest BCUT2D eigenvalue weighted by molar-refractivity contribution is 0.102. The van der Waals surface area contributed by atoms with Gasteiger partial charge in [0.25, 0.3) is 12.3 Å². The van der Waals surface area contributed by atoms with E-state index in [2.05, 4.69) is 15.3 Å². The van der Waals surface area contributed by atoms with Crippen molar-refractivity contribution < 1.29 is 18.0 Å². The number of para-hydroxylation sites is 1. The summed E-state index contributed by atoms with van der Waals surface area (Å²) in [5, 5.41) is 4.88. The van der Waals surface area contributed by atoms with Crippen molar-refractivity contribution in [2.24, 2.45) is 4.99 Å². The molecular formula is C19H12F3N3OS. The number of fused-ring (bicyclic) bond motifs is 1. The van der Waals surface area contributed by atoms with Gasteiger partial charge in [-0.25, -0.2) is 18.2 Å². The van der Waals surface area contributed by atoms with Gasteiger partial charge in [0.2, 0.25) is 0 Å². The molecule has 0 spiro atoms. The number of benzene rings is 2. The van der Waals surface area contributed by atoms with Crippen LogP contribution in [0.4, 0.5) is 24.0 Å². The molecule has 2 aromatic carbocycles. The number of halogens is 3. The highest BCUT2D eigenvalue weighted by Crippen LogP contribution is 2.35. The van der Waals surface area contributed by atoms with Crippen LogP contribution < -0.4 is 5.32 Å². The van der Waals surface area contributed by atoms with Gasteiger partial charge >= 0.3 is 0 Å². The third kappa shape index (κ3) is 3.35. The van der Waals surface area contributed by atoms with E-state index in [9.17, 15) is 18.0 Å². The summed E-state index contributed by atoms with van der Waals surface area (Å²) >= 11 is 1.29. The minimum absolute atomic E-state index is 0.189. The molecule has 1 aliphatic rings. The van der Waals surface area contributed by atoms with Gasteiger partial charge in [0.1, 0.15) is 5.82 Å². The van der Waals surface area contributed by atoms with Crippen LogP contribution in [0.2, 0.25) is 0 Å². The van der Waals surface area contributed by atoms with Gasteiger partial charge in [0.05, 0.1) is 17.0 Å². The van der Waals surface area contributed by atoms with Crippen LogP contribution in [0.1, 0.15) is 33.5 Å². The van der Waals surface area contributed by atoms with Crippen molar-refractivity contribution in [2.75, 3.05) is 5.32 Å². The van der Waals surface area contributed by atoms with Gasteiger partial charge in [-0.1, -0.05) is 12.1 Å². The zero-order chi connectivity index (χ0) is 19.0. The van der Waals surface area contributed by atoms with Crippen LogP contribution in [0.25, 0.3) is 0 Å². The second-order valence-electron chi connectivity index (χ2n) is 5.87. The van der Waals surface area contributed by atoms with Crippen molar-refractivity contribution in [3.8, 4) is 0 Å². The normalized spacial score (nSPS) is 12.8. The summed E-state index contributed by atoms with van der Waals surface area (Å²) in [6.45, 7) is 0. The summed E-state index contributed by atoms with van der Waals surface area (Å²) in [6.07, 6.45) is -0.958. The third-order valence-corrected chi connectivity index (χ3v) is 4.87. The number of amides is 1. The molecular weight excluding hydrogens is 375 g/mol. The van der Waals surface area contributed by atoms with Crippen molar-refractivity contribution in [1.29, 1.82) is 0 Å². The van der Waals surface area contributed by atoms with E-state index in [4.69, 9.17) is 0 Å². The number of rotatable bonds is 4. The quantitative estimate of drug-likeness (QED) is 0.673. The van der Waals surface area contributed by atoms with E-state index in [1.165, 1.54) is 17.4 Å². The molecule has 2 heterocycles. The predicted molar refractivity (Wildman–Crippen MR) is 97.8 cm³/mol. The van der Waals surface area contributed by atoms with Gasteiger partial charge in [-0.3, -0.25) is 15.1 Å². The van der Waals surface area contributed by atoms with Gasteiger partial charge in [0.15, 0.2) is 5.13 Å². The first-order valence-electron chi connectivity index (χ1n) is 8.01. The first kappa shape index (κ1) is 17.4. The van der Waals surface area contributed by atoms with E-state index in [0.717, 1.165) is 17.7 Å². The average molecular weight is 387 g/mol. The molecule has 27 heavy (non-hydrogen) atoms. The maximum absolute atomic E-state index is 13.4. The SMILES string of the molecule is O=C(Nc1nccs1)c1cccc2c1N=C(c1ccc(F)cc1C(F)F)C2. The largest absolute Gasteiger partial charge is 0.298 e. The number of aliphatic imine (C=N–C) groups is 1. The number of nitrogens with zero attached hydrogens (tertiary/aromatic N) is 2. The Balaban J connectivity index is 1.72. The number of anilines is 1. The molecule has 1 N–H and O–H groups in total. The van der Waals surface area contributed by atoms with Gasteiger partial charge in [-0.05, 0) is 29.8 Å². The Bertz CT molecular complexity index is 1050. The smallest absolute Gasteiger partial charge is 0.264 e. The number of carbonyl (C=O) groups excluding carboxylic acids is 1. The summed E-state index contributed by atoms with van der Waals surface area (Å²) in [5.41, 5.74) is 1.69. The Morgan fingerprint density at radius 3 is 2.81 bits per heavy atom. The molecule has 136 valence electrons. The zero-order valence-electron chi connectivity index (χ0n) is 13.7. The molecule has 0 aliphatic carbocycles. The molecule has 0 atom stereocenters. The maximum Gasteiger partial charge on any atom is 0.264 e. The molecule has 3 aromatic rings. The topological polar surface area (TPSA) is 54.4 Å². The highest BCUT2D eigenvalue weighted by Gasteiger charge is 2.25. The highest BCUT2D eigenvalue weighted by molar-refractivity contribution is 7.13. The van der Waals surface area contributed by atoms with E-state index in [-0.39, 0.29) is 11.5 Å². The van der Waals surface area contributed by atoms with E-state index in [1.54, 1.807) is 29.8 Å². The Morgan fingerprint density at radius 2 is 2.07 bits per heavy atom. The zero-order valence-corrected chi connectivity index (χ0v) is 14.6. The number of aromatic nitrogens is 1. The van der Waals surface area contributed by atoms with Crippen molar-refractivity contribution in [3.63, 3.8) is 0 Å². The molecule has 0 radical (unpaired) electrons. The molecule has 1 aliphatic heterocycles. The van der Waals surface area contributed by atoms with Crippen molar-refractivity contribution >= 4 is 33.8 Å². The fourth-order valence-corrected chi connectivity index (χ4v) is 3.51. The van der Waals surface area contributed by atoms with Gasteiger partial charge in [0, 0.05) is 29.1 Å². The van der Waals surface area contributed by atoms with Crippen LogP contribution in [-0.2, 0) is 6.42 Å². The molecule has 0 unspecified atom stereocenters. The third-order valence-electron chi connectivity index (χ3n) is 4.18. The lowest BCUT2D eigenvalue weighted by Crippen LogP contribution is -2.11. The number of nitrogens with one attached hydrogen (secondary N) is 1. The van der Waals surface area contributed by atoms with Crippen LogP contribution in [-0.4, -0.2) is 16.6 Å². The molecule has 4 rings (SSSR count). The van der Waals surface area contributed by atoms with Gasteiger partial charge in [-0.15, -0.1) is 11.3 Å². The lowest BCUT2D eigenvalue weighted by atomic mass is 9.98. The number of alkyl halides is 2. The second kappa shape index (κ2) is 6.96. The molecule has 1 amide bonds. The second-order valence-corrected chi connectivity index (χ2v) is 6.77. The molecule has 0 bridgehead atoms. The number of hydrogen-bond donors (Lipinski definition) is 1. The van der Waals surface area contributed by atoms with E-state index >= 15 is 0 Å². The monoisotopic (exact) mass is 387 g/mol. The number of hydrogen-bond acceptors (Lipinski definition) is 4. The molecule has 4 nitrogen and oxygen atoms in total. The molecule has 0 fully saturated rings. The summed E-state index contributed by atoms with van der Waals surface area (Å²) in [4.78, 5) is 21.0. The minimum atomic E-state index is -2.82. The highest BCUT2D eigenvalue weighted by atomic mass is 32.1. The van der Waals surface area contributed by atoms with Crippen LogP contribution in [0.5, 0.6) is 0 Å². The predicted octanol–water partition coefficient (Wildman–Crippen LogP) is 5.15. The summed E-state index contributed by atoms with van der Waals surface area (Å²) in [5.74, 6) is -1.10. The maximum atomic E-state index is 13.4. The molecule has 8 heteroatoms. The van der Waals surface area contributed by atoms with Gasteiger partial charge < -0.3 is 0 Å². The first-order chi connectivity index (χ1) is 13.0. The molecule has 0 saturated carbocycles. The van der Waals surface area contributed by atoms with Crippen LogP contribution >= 0.6 is 11.3 Å². The summed E-state index contributed by atoms with van der Waals surface area (Å²) in [6, 6.07) is 8.37. The van der Waals surface area contributed by atoms with E-state index < -0.39 is 17.8 Å². The van der Waals surface area contributed by atoms with Crippen molar-refractivity contribution in [1.82, 2.24) is 4.98 Å². The van der Waals surface area contributed by atoms with E-state index in [0.29, 0.717) is 28.5 Å². The fourth-order valence-electron chi connectivity index (χ4n) is 2.99. The fraction of sp³-hybridized carbons (Fsp3) is 0.105. The Labute approximate surface area is 156 Å². The first-order valence-corrected chi connectivity index (χ1v) is 8.89. The Morgan fingerprint density at radius 1 is 1.22 bits per heavy atom. The average Bonchev–Trinajstić information content (AvgIpc) is 3.30. The van der Waals surface area contributed by atoms with Crippen molar-refractivity contribution in [3.05, 3.63) is 76.0 Å². The Hall–Kier alpha value is -3.00. The van der Waals surface area contributed by atoms with Gasteiger partial charge in [-0.2, -0.15) is 0 Å². The minimum Gasteiger partial charge on any atom is -0.298 e. The standard InChI is InChI=1S/C19H12F3N3OS/c20-11-4-5-12(14(9-11)17(21)22)15-8-10-2-1-3-13(16(10)24-15)18(26)25-19-23-6-7-27-19/h1-7,9,17H,8H2,(H,23,25,26). The number of carbonyl (C=O) groups is 1. The Kier molecular flexibility index (Phi) is 4.49. The van der Waals surface area contributed by atoms with Crippen LogP contribution in [0.3, 0.4) is 0 Å². The molecule has 0 saturated heterocycles.